The Morgan fingerprint density at radius 3 is 2.48 bits per heavy atom. The fourth-order valence-electron chi connectivity index (χ4n) is 1.98. The first-order chi connectivity index (χ1) is 11.1. The lowest BCUT2D eigenvalue weighted by molar-refractivity contribution is 0.475. The molecule has 1 aromatic heterocycles. The van der Waals surface area contributed by atoms with Crippen molar-refractivity contribution in [2.24, 2.45) is 0 Å². The third kappa shape index (κ3) is 3.65. The highest BCUT2D eigenvalue weighted by Crippen LogP contribution is 2.23. The summed E-state index contributed by atoms with van der Waals surface area (Å²) in [7, 11) is 0. The summed E-state index contributed by atoms with van der Waals surface area (Å²) in [5.41, 5.74) is 7.50. The number of nitrogens with zero attached hydrogens (tertiary/aromatic N) is 2. The van der Waals surface area contributed by atoms with Gasteiger partial charge in [0.25, 0.3) is 0 Å². The van der Waals surface area contributed by atoms with Crippen LogP contribution in [0.2, 0.25) is 0 Å². The molecule has 7 heteroatoms. The van der Waals surface area contributed by atoms with E-state index in [4.69, 9.17) is 5.73 Å². The van der Waals surface area contributed by atoms with E-state index in [9.17, 15) is 9.50 Å². The third-order valence-electron chi connectivity index (χ3n) is 3.00. The van der Waals surface area contributed by atoms with Gasteiger partial charge >= 0.3 is 0 Å². The van der Waals surface area contributed by atoms with Gasteiger partial charge < -0.3 is 21.5 Å². The molecule has 2 aromatic carbocycles. The van der Waals surface area contributed by atoms with Crippen molar-refractivity contribution in [1.82, 2.24) is 9.97 Å². The van der Waals surface area contributed by atoms with Crippen LogP contribution in [0.3, 0.4) is 0 Å². The average Bonchev–Trinajstić information content (AvgIpc) is 2.51. The van der Waals surface area contributed by atoms with E-state index < -0.39 is 5.82 Å². The van der Waals surface area contributed by atoms with Gasteiger partial charge in [0.1, 0.15) is 5.75 Å². The molecule has 0 unspecified atom stereocenters. The number of hydrogen-bond acceptors (Lipinski definition) is 6. The molecule has 116 valence electrons. The maximum atomic E-state index is 13.9. The number of anilines is 5. The molecule has 0 bridgehead atoms. The van der Waals surface area contributed by atoms with Gasteiger partial charge in [-0.15, -0.1) is 0 Å². The van der Waals surface area contributed by atoms with E-state index in [0.29, 0.717) is 17.1 Å². The lowest BCUT2D eigenvalue weighted by Crippen LogP contribution is -2.03. The van der Waals surface area contributed by atoms with Crippen molar-refractivity contribution in [3.8, 4) is 5.75 Å². The second kappa shape index (κ2) is 6.18. The minimum absolute atomic E-state index is 0.00277. The molecule has 0 aliphatic rings. The molecule has 0 aliphatic carbocycles. The number of phenols is 1. The summed E-state index contributed by atoms with van der Waals surface area (Å²) in [6, 6.07) is 13.4. The van der Waals surface area contributed by atoms with E-state index >= 15 is 0 Å². The topological polar surface area (TPSA) is 96.1 Å². The largest absolute Gasteiger partial charge is 0.508 e. The van der Waals surface area contributed by atoms with Crippen LogP contribution in [0.15, 0.2) is 54.7 Å². The zero-order valence-electron chi connectivity index (χ0n) is 12.0. The zero-order chi connectivity index (χ0) is 16.2. The van der Waals surface area contributed by atoms with Crippen molar-refractivity contribution in [1.29, 1.82) is 0 Å². The minimum atomic E-state index is -0.605. The van der Waals surface area contributed by atoms with E-state index in [0.717, 1.165) is 6.20 Å². The van der Waals surface area contributed by atoms with E-state index in [1.165, 1.54) is 12.1 Å². The summed E-state index contributed by atoms with van der Waals surface area (Å²) in [5, 5.41) is 15.2. The van der Waals surface area contributed by atoms with E-state index in [1.54, 1.807) is 36.4 Å². The van der Waals surface area contributed by atoms with Crippen LogP contribution < -0.4 is 16.4 Å². The van der Waals surface area contributed by atoms with E-state index in [2.05, 4.69) is 20.6 Å². The number of aromatic hydroxyl groups is 1. The summed E-state index contributed by atoms with van der Waals surface area (Å²) in [5.74, 6) is -0.314. The van der Waals surface area contributed by atoms with Crippen LogP contribution in [0.5, 0.6) is 5.75 Å². The standard InChI is InChI=1S/C16H14FN5O/c17-14-9-19-16(21-11-4-1-3-10(18)7-11)22-15(14)20-12-5-2-6-13(23)8-12/h1-9,23H,18H2,(H2,19,20,21,22). The fraction of sp³-hybridized carbons (Fsp3) is 0. The van der Waals surface area contributed by atoms with Crippen LogP contribution in [0.4, 0.5) is 33.2 Å². The molecule has 6 nitrogen and oxygen atoms in total. The SMILES string of the molecule is Nc1cccc(Nc2ncc(F)c(Nc3cccc(O)c3)n2)c1. The number of rotatable bonds is 4. The Bertz CT molecular complexity index is 840. The van der Waals surface area contributed by atoms with Gasteiger partial charge in [0.05, 0.1) is 6.20 Å². The fourth-order valence-corrected chi connectivity index (χ4v) is 1.98. The van der Waals surface area contributed by atoms with Crippen molar-refractivity contribution in [2.45, 2.75) is 0 Å². The lowest BCUT2D eigenvalue weighted by Gasteiger charge is -2.10. The highest BCUT2D eigenvalue weighted by atomic mass is 19.1. The first-order valence-corrected chi connectivity index (χ1v) is 6.81. The van der Waals surface area contributed by atoms with Crippen LogP contribution in [-0.4, -0.2) is 15.1 Å². The second-order valence-electron chi connectivity index (χ2n) is 4.82. The van der Waals surface area contributed by atoms with Crippen molar-refractivity contribution >= 4 is 28.8 Å². The Morgan fingerprint density at radius 2 is 1.74 bits per heavy atom. The van der Waals surface area contributed by atoms with Crippen LogP contribution in [0.1, 0.15) is 0 Å². The first kappa shape index (κ1) is 14.6. The number of halogens is 1. The van der Waals surface area contributed by atoms with Crippen LogP contribution >= 0.6 is 0 Å². The molecule has 0 atom stereocenters. The minimum Gasteiger partial charge on any atom is -0.508 e. The van der Waals surface area contributed by atoms with Crippen molar-refractivity contribution in [3.63, 3.8) is 0 Å². The normalized spacial score (nSPS) is 10.3. The molecule has 0 aliphatic heterocycles. The average molecular weight is 311 g/mol. The number of benzene rings is 2. The quantitative estimate of drug-likeness (QED) is 0.552. The van der Waals surface area contributed by atoms with Gasteiger partial charge in [0.2, 0.25) is 5.95 Å². The Balaban J connectivity index is 1.84. The molecule has 0 saturated heterocycles. The van der Waals surface area contributed by atoms with E-state index in [-0.39, 0.29) is 17.5 Å². The predicted molar refractivity (Wildman–Crippen MR) is 87.5 cm³/mol. The number of aromatic nitrogens is 2. The molecule has 0 spiro atoms. The van der Waals surface area contributed by atoms with Crippen molar-refractivity contribution in [3.05, 3.63) is 60.5 Å². The molecule has 3 aromatic rings. The maximum absolute atomic E-state index is 13.9. The highest BCUT2D eigenvalue weighted by molar-refractivity contribution is 5.62. The van der Waals surface area contributed by atoms with Gasteiger partial charge in [-0.25, -0.2) is 9.37 Å². The molecule has 0 radical (unpaired) electrons. The van der Waals surface area contributed by atoms with Gasteiger partial charge in [0.15, 0.2) is 11.6 Å². The number of phenolic OH excluding ortho intramolecular Hbond substituents is 1. The van der Waals surface area contributed by atoms with Crippen LogP contribution in [0, 0.1) is 5.82 Å². The number of hydrogen-bond donors (Lipinski definition) is 4. The van der Waals surface area contributed by atoms with Crippen LogP contribution in [-0.2, 0) is 0 Å². The lowest BCUT2D eigenvalue weighted by atomic mass is 10.3. The number of nitrogen functional groups attached to an aromatic ring is 1. The summed E-state index contributed by atoms with van der Waals surface area (Å²) in [4.78, 5) is 7.99. The smallest absolute Gasteiger partial charge is 0.229 e. The Hall–Kier alpha value is -3.35. The molecule has 0 fully saturated rings. The summed E-state index contributed by atoms with van der Waals surface area (Å²) in [6.07, 6.45) is 1.06. The molecular weight excluding hydrogens is 297 g/mol. The first-order valence-electron chi connectivity index (χ1n) is 6.81. The van der Waals surface area contributed by atoms with E-state index in [1.807, 2.05) is 0 Å². The van der Waals surface area contributed by atoms with Gasteiger partial charge in [-0.2, -0.15) is 4.98 Å². The molecule has 3 rings (SSSR count). The molecular formula is C16H14FN5O. The van der Waals surface area contributed by atoms with Gasteiger partial charge in [-0.05, 0) is 30.3 Å². The molecule has 0 saturated carbocycles. The maximum Gasteiger partial charge on any atom is 0.229 e. The monoisotopic (exact) mass is 311 g/mol. The molecule has 0 amide bonds. The third-order valence-corrected chi connectivity index (χ3v) is 3.00. The summed E-state index contributed by atoms with van der Waals surface area (Å²) in [6.45, 7) is 0. The van der Waals surface area contributed by atoms with Crippen molar-refractivity contribution < 1.29 is 9.50 Å². The van der Waals surface area contributed by atoms with Gasteiger partial charge in [-0.1, -0.05) is 12.1 Å². The van der Waals surface area contributed by atoms with Crippen molar-refractivity contribution in [2.75, 3.05) is 16.4 Å². The van der Waals surface area contributed by atoms with Crippen LogP contribution in [0.25, 0.3) is 0 Å². The summed E-state index contributed by atoms with van der Waals surface area (Å²) < 4.78 is 13.9. The van der Waals surface area contributed by atoms with Gasteiger partial charge in [-0.3, -0.25) is 0 Å². The number of nitrogens with two attached hydrogens (primary N) is 1. The highest BCUT2D eigenvalue weighted by Gasteiger charge is 2.08. The number of nitrogens with one attached hydrogen (secondary N) is 2. The molecule has 5 N–H and O–H groups in total. The Labute approximate surface area is 131 Å². The Morgan fingerprint density at radius 1 is 1.00 bits per heavy atom. The second-order valence-corrected chi connectivity index (χ2v) is 4.82. The Kier molecular flexibility index (Phi) is 3.92. The molecule has 23 heavy (non-hydrogen) atoms. The summed E-state index contributed by atoms with van der Waals surface area (Å²) >= 11 is 0. The van der Waals surface area contributed by atoms with Gasteiger partial charge in [0, 0.05) is 23.1 Å². The molecule has 1 heterocycles. The predicted octanol–water partition coefficient (Wildman–Crippen LogP) is 3.39. The zero-order valence-corrected chi connectivity index (χ0v) is 12.0.